The van der Waals surface area contributed by atoms with E-state index in [0.717, 1.165) is 49.6 Å². The molecule has 3 aromatic rings. The smallest absolute Gasteiger partial charge is 0.408 e. The maximum absolute atomic E-state index is 12.4. The molecule has 0 saturated carbocycles. The van der Waals surface area contributed by atoms with Crippen LogP contribution in [-0.2, 0) is 16.1 Å². The highest BCUT2D eigenvalue weighted by Crippen LogP contribution is 2.19. The van der Waals surface area contributed by atoms with E-state index in [2.05, 4.69) is 10.2 Å². The van der Waals surface area contributed by atoms with E-state index in [-0.39, 0.29) is 18.2 Å². The van der Waals surface area contributed by atoms with Crippen molar-refractivity contribution >= 4 is 28.4 Å². The number of para-hydroxylation sites is 2. The van der Waals surface area contributed by atoms with Crippen molar-refractivity contribution < 1.29 is 13.9 Å². The predicted molar refractivity (Wildman–Crippen MR) is 121 cm³/mol. The summed E-state index contributed by atoms with van der Waals surface area (Å²) < 4.78 is 12.3. The summed E-state index contributed by atoms with van der Waals surface area (Å²) in [5.41, 5.74) is 3.32. The number of aromatic nitrogens is 1. The maximum Gasteiger partial charge on any atom is 0.419 e. The lowest BCUT2D eigenvalue weighted by atomic mass is 10.2. The van der Waals surface area contributed by atoms with E-state index in [1.165, 1.54) is 0 Å². The van der Waals surface area contributed by atoms with Crippen LogP contribution in [0.5, 0.6) is 0 Å². The van der Waals surface area contributed by atoms with Gasteiger partial charge in [0.2, 0.25) is 5.91 Å². The Morgan fingerprint density at radius 2 is 1.84 bits per heavy atom. The van der Waals surface area contributed by atoms with Crippen LogP contribution < -0.4 is 16.0 Å². The molecule has 1 fully saturated rings. The number of carbonyl (C=O) groups excluding carboxylic acids is 1. The fourth-order valence-corrected chi connectivity index (χ4v) is 3.83. The first kappa shape index (κ1) is 21.1. The Bertz CT molecular complexity index is 1070. The van der Waals surface area contributed by atoms with Crippen LogP contribution in [0.2, 0.25) is 0 Å². The van der Waals surface area contributed by atoms with Crippen molar-refractivity contribution in [1.29, 1.82) is 0 Å². The summed E-state index contributed by atoms with van der Waals surface area (Å²) in [4.78, 5) is 28.6. The number of carbonyl (C=O) groups is 1. The lowest BCUT2D eigenvalue weighted by Gasteiger charge is -2.28. The Labute approximate surface area is 181 Å². The van der Waals surface area contributed by atoms with E-state index in [4.69, 9.17) is 9.15 Å². The van der Waals surface area contributed by atoms with E-state index in [9.17, 15) is 9.59 Å². The topological polar surface area (TPSA) is 80.0 Å². The predicted octanol–water partition coefficient (Wildman–Crippen LogP) is 2.39. The molecule has 0 unspecified atom stereocenters. The third-order valence-electron chi connectivity index (χ3n) is 5.44. The van der Waals surface area contributed by atoms with E-state index in [0.29, 0.717) is 18.7 Å². The molecule has 1 amide bonds. The van der Waals surface area contributed by atoms with Crippen molar-refractivity contribution in [1.82, 2.24) is 9.47 Å². The summed E-state index contributed by atoms with van der Waals surface area (Å²) in [5.74, 6) is -0.408. The second kappa shape index (κ2) is 9.80. The number of likely N-dealkylation sites (N-methyl/N-ethyl adjacent to an activating group) is 1. The van der Waals surface area contributed by atoms with Gasteiger partial charge in [-0.05, 0) is 49.9 Å². The SMILES string of the molecule is CN(CCCn1c(=O)oc2ccccc21)CC(=O)Nc1ccc(N2CCOCC2)cc1. The molecular formula is C23H28N4O4. The van der Waals surface area contributed by atoms with Crippen LogP contribution in [0, 0.1) is 0 Å². The molecule has 1 aliphatic rings. The molecule has 8 heteroatoms. The molecule has 0 atom stereocenters. The van der Waals surface area contributed by atoms with E-state index in [1.54, 1.807) is 10.6 Å². The van der Waals surface area contributed by atoms with Crippen molar-refractivity contribution in [2.24, 2.45) is 0 Å². The van der Waals surface area contributed by atoms with Gasteiger partial charge < -0.3 is 19.4 Å². The summed E-state index contributed by atoms with van der Waals surface area (Å²) >= 11 is 0. The number of rotatable bonds is 8. The van der Waals surface area contributed by atoms with Gasteiger partial charge in [-0.25, -0.2) is 4.79 Å². The third-order valence-corrected chi connectivity index (χ3v) is 5.44. The molecule has 31 heavy (non-hydrogen) atoms. The number of hydrogen-bond donors (Lipinski definition) is 1. The second-order valence-corrected chi connectivity index (χ2v) is 7.77. The first-order valence-corrected chi connectivity index (χ1v) is 10.6. The first-order valence-electron chi connectivity index (χ1n) is 10.6. The lowest BCUT2D eigenvalue weighted by Crippen LogP contribution is -2.36. The molecule has 0 radical (unpaired) electrons. The van der Waals surface area contributed by atoms with Crippen LogP contribution in [0.3, 0.4) is 0 Å². The minimum absolute atomic E-state index is 0.0625. The fraction of sp³-hybridized carbons (Fsp3) is 0.391. The lowest BCUT2D eigenvalue weighted by molar-refractivity contribution is -0.117. The molecule has 1 N–H and O–H groups in total. The molecule has 0 aliphatic carbocycles. The standard InChI is InChI=1S/C23H28N4O4/c1-25(11-4-12-27-20-5-2-3-6-21(20)31-23(27)29)17-22(28)24-18-7-9-19(10-8-18)26-13-15-30-16-14-26/h2-3,5-10H,4,11-17H2,1H3,(H,24,28). The number of benzene rings is 2. The molecule has 0 spiro atoms. The summed E-state index contributed by atoms with van der Waals surface area (Å²) in [6.45, 7) is 4.79. The largest absolute Gasteiger partial charge is 0.419 e. The van der Waals surface area contributed by atoms with Crippen molar-refractivity contribution in [2.45, 2.75) is 13.0 Å². The number of nitrogens with zero attached hydrogens (tertiary/aromatic N) is 3. The zero-order chi connectivity index (χ0) is 21.6. The van der Waals surface area contributed by atoms with Crippen LogP contribution in [0.15, 0.2) is 57.7 Å². The van der Waals surface area contributed by atoms with Crippen LogP contribution in [0.4, 0.5) is 11.4 Å². The number of ether oxygens (including phenoxy) is 1. The summed E-state index contributed by atoms with van der Waals surface area (Å²) in [5, 5.41) is 2.95. The first-order chi connectivity index (χ1) is 15.1. The van der Waals surface area contributed by atoms with Crippen LogP contribution in [-0.4, -0.2) is 61.8 Å². The Morgan fingerprint density at radius 1 is 1.10 bits per heavy atom. The molecule has 2 aromatic carbocycles. The highest BCUT2D eigenvalue weighted by atomic mass is 16.5. The number of aryl methyl sites for hydroxylation is 1. The Morgan fingerprint density at radius 3 is 2.61 bits per heavy atom. The van der Waals surface area contributed by atoms with Gasteiger partial charge in [-0.15, -0.1) is 0 Å². The minimum Gasteiger partial charge on any atom is -0.408 e. The highest BCUT2D eigenvalue weighted by Gasteiger charge is 2.12. The molecule has 4 rings (SSSR count). The van der Waals surface area contributed by atoms with Crippen LogP contribution in [0.25, 0.3) is 11.1 Å². The van der Waals surface area contributed by atoms with Gasteiger partial charge in [0.25, 0.3) is 0 Å². The summed E-state index contributed by atoms with van der Waals surface area (Å²) in [7, 11) is 1.90. The molecule has 1 saturated heterocycles. The average molecular weight is 425 g/mol. The Hall–Kier alpha value is -3.10. The van der Waals surface area contributed by atoms with Crippen molar-refractivity contribution in [2.75, 3.05) is 56.7 Å². The molecule has 8 nitrogen and oxygen atoms in total. The molecular weight excluding hydrogens is 396 g/mol. The maximum atomic E-state index is 12.4. The average Bonchev–Trinajstić information content (AvgIpc) is 3.10. The van der Waals surface area contributed by atoms with Crippen LogP contribution >= 0.6 is 0 Å². The zero-order valence-electron chi connectivity index (χ0n) is 17.8. The number of anilines is 2. The monoisotopic (exact) mass is 424 g/mol. The zero-order valence-corrected chi connectivity index (χ0v) is 17.8. The van der Waals surface area contributed by atoms with E-state index in [1.807, 2.05) is 54.4 Å². The quantitative estimate of drug-likeness (QED) is 0.598. The Balaban J connectivity index is 1.23. The second-order valence-electron chi connectivity index (χ2n) is 7.77. The number of hydrogen-bond acceptors (Lipinski definition) is 6. The number of oxazole rings is 1. The van der Waals surface area contributed by atoms with Gasteiger partial charge >= 0.3 is 5.76 Å². The van der Waals surface area contributed by atoms with Crippen molar-refractivity contribution in [3.05, 3.63) is 59.1 Å². The van der Waals surface area contributed by atoms with Gasteiger partial charge in [0.15, 0.2) is 5.58 Å². The van der Waals surface area contributed by atoms with Crippen molar-refractivity contribution in [3.63, 3.8) is 0 Å². The van der Waals surface area contributed by atoms with Crippen LogP contribution in [0.1, 0.15) is 6.42 Å². The van der Waals surface area contributed by atoms with E-state index < -0.39 is 0 Å². The third kappa shape index (κ3) is 5.34. The minimum atomic E-state index is -0.345. The van der Waals surface area contributed by atoms with E-state index >= 15 is 0 Å². The van der Waals surface area contributed by atoms with Gasteiger partial charge in [0, 0.05) is 37.6 Å². The van der Waals surface area contributed by atoms with Gasteiger partial charge in [-0.2, -0.15) is 0 Å². The normalized spacial score (nSPS) is 14.3. The number of fused-ring (bicyclic) bond motifs is 1. The number of amides is 1. The number of nitrogens with one attached hydrogen (secondary N) is 1. The molecule has 0 bridgehead atoms. The molecule has 164 valence electrons. The van der Waals surface area contributed by atoms with Gasteiger partial charge in [0.05, 0.1) is 25.3 Å². The fourth-order valence-electron chi connectivity index (χ4n) is 3.83. The Kier molecular flexibility index (Phi) is 6.69. The van der Waals surface area contributed by atoms with Gasteiger partial charge in [0.1, 0.15) is 0 Å². The van der Waals surface area contributed by atoms with Gasteiger partial charge in [-0.1, -0.05) is 12.1 Å². The molecule has 1 aliphatic heterocycles. The van der Waals surface area contributed by atoms with Crippen molar-refractivity contribution in [3.8, 4) is 0 Å². The van der Waals surface area contributed by atoms with Gasteiger partial charge in [-0.3, -0.25) is 14.3 Å². The summed E-state index contributed by atoms with van der Waals surface area (Å²) in [6, 6.07) is 15.3. The number of morpholine rings is 1. The summed E-state index contributed by atoms with van der Waals surface area (Å²) in [6.07, 6.45) is 0.738. The molecule has 2 heterocycles. The molecule has 1 aromatic heterocycles. The highest BCUT2D eigenvalue weighted by molar-refractivity contribution is 5.92.